The minimum atomic E-state index is -0.704. The molecule has 1 aliphatic heterocycles. The van der Waals surface area contributed by atoms with Gasteiger partial charge in [0.2, 0.25) is 0 Å². The van der Waals surface area contributed by atoms with Crippen LogP contribution in [-0.4, -0.2) is 33.3 Å². The Hall–Kier alpha value is -2.08. The van der Waals surface area contributed by atoms with Gasteiger partial charge in [0.05, 0.1) is 16.5 Å². The maximum absolute atomic E-state index is 12.3. The molecule has 128 valence electrons. The summed E-state index contributed by atoms with van der Waals surface area (Å²) in [5.74, 6) is 0. The van der Waals surface area contributed by atoms with Gasteiger partial charge in [-0.25, -0.2) is 4.79 Å². The van der Waals surface area contributed by atoms with E-state index < -0.39 is 5.60 Å². The molecule has 0 spiro atoms. The van der Waals surface area contributed by atoms with Crippen LogP contribution in [0.5, 0.6) is 0 Å². The molecule has 2 heterocycles. The number of aromatic amines is 1. The molecule has 6 heteroatoms. The van der Waals surface area contributed by atoms with Gasteiger partial charge in [-0.15, -0.1) is 0 Å². The fourth-order valence-corrected chi connectivity index (χ4v) is 3.96. The summed E-state index contributed by atoms with van der Waals surface area (Å²) in [6, 6.07) is 3.93. The van der Waals surface area contributed by atoms with Crippen molar-refractivity contribution in [1.82, 2.24) is 9.55 Å². The molecule has 2 aliphatic rings. The summed E-state index contributed by atoms with van der Waals surface area (Å²) < 4.78 is 1.75. The molecule has 2 fully saturated rings. The third-order valence-electron chi connectivity index (χ3n) is 5.25. The first-order chi connectivity index (χ1) is 11.4. The Kier molecular flexibility index (Phi) is 3.35. The van der Waals surface area contributed by atoms with E-state index in [0.717, 1.165) is 49.0 Å². The number of hydrogen-bond donors (Lipinski definition) is 2. The second-order valence-corrected chi connectivity index (χ2v) is 7.49. The zero-order valence-corrected chi connectivity index (χ0v) is 14.1. The number of β-amino-alcohol motifs (C(OH)–C–C–N with tert-alkyl or cyclic N) is 1. The summed E-state index contributed by atoms with van der Waals surface area (Å²) in [5.41, 5.74) is 1.34. The fraction of sp³-hybridized carbons (Fsp3) is 0.556. The van der Waals surface area contributed by atoms with Crippen LogP contribution < -0.4 is 16.1 Å². The largest absolute Gasteiger partial charge is 0.388 e. The van der Waals surface area contributed by atoms with E-state index in [2.05, 4.69) is 9.88 Å². The smallest absolute Gasteiger partial charge is 0.329 e. The quantitative estimate of drug-likeness (QED) is 0.879. The lowest BCUT2D eigenvalue weighted by Gasteiger charge is -2.39. The zero-order chi connectivity index (χ0) is 17.1. The van der Waals surface area contributed by atoms with Crippen molar-refractivity contribution < 1.29 is 5.11 Å². The number of piperidine rings is 1. The second kappa shape index (κ2) is 5.21. The molecule has 1 saturated carbocycles. The topological polar surface area (TPSA) is 78.3 Å². The van der Waals surface area contributed by atoms with Crippen LogP contribution in [0, 0.1) is 6.92 Å². The number of aromatic nitrogens is 2. The van der Waals surface area contributed by atoms with Gasteiger partial charge in [-0.2, -0.15) is 0 Å². The summed E-state index contributed by atoms with van der Waals surface area (Å²) >= 11 is 0. The molecule has 24 heavy (non-hydrogen) atoms. The van der Waals surface area contributed by atoms with Gasteiger partial charge in [0.25, 0.3) is 5.56 Å². The highest BCUT2D eigenvalue weighted by atomic mass is 16.3. The van der Waals surface area contributed by atoms with Crippen molar-refractivity contribution in [2.24, 2.45) is 0 Å². The van der Waals surface area contributed by atoms with Crippen LogP contribution in [0.15, 0.2) is 21.7 Å². The Morgan fingerprint density at radius 3 is 2.71 bits per heavy atom. The van der Waals surface area contributed by atoms with Crippen molar-refractivity contribution in [2.75, 3.05) is 18.0 Å². The van der Waals surface area contributed by atoms with Crippen molar-refractivity contribution in [3.05, 3.63) is 38.5 Å². The fourth-order valence-electron chi connectivity index (χ4n) is 3.96. The predicted octanol–water partition coefficient (Wildman–Crippen LogP) is 1.68. The molecule has 0 amide bonds. The zero-order valence-electron chi connectivity index (χ0n) is 14.1. The van der Waals surface area contributed by atoms with Gasteiger partial charge in [0, 0.05) is 24.8 Å². The molecular formula is C18H23N3O3. The molecular weight excluding hydrogens is 306 g/mol. The number of aliphatic hydroxyl groups is 1. The normalized spacial score (nSPS) is 24.5. The molecule has 0 bridgehead atoms. The number of nitrogens with zero attached hydrogens (tertiary/aromatic N) is 2. The third kappa shape index (κ3) is 2.45. The van der Waals surface area contributed by atoms with E-state index in [9.17, 15) is 14.7 Å². The van der Waals surface area contributed by atoms with E-state index >= 15 is 0 Å². The van der Waals surface area contributed by atoms with Gasteiger partial charge in [-0.1, -0.05) is 0 Å². The number of rotatable bonds is 2. The number of nitrogens with one attached hydrogen (secondary N) is 1. The van der Waals surface area contributed by atoms with E-state index in [4.69, 9.17) is 0 Å². The number of anilines is 1. The van der Waals surface area contributed by atoms with Crippen LogP contribution in [-0.2, 0) is 0 Å². The number of fused-ring (bicyclic) bond motifs is 1. The second-order valence-electron chi connectivity index (χ2n) is 7.49. The van der Waals surface area contributed by atoms with Crippen LogP contribution in [0.25, 0.3) is 10.9 Å². The summed E-state index contributed by atoms with van der Waals surface area (Å²) in [6.45, 7) is 5.27. The molecule has 0 radical (unpaired) electrons. The molecule has 1 atom stereocenters. The molecule has 1 unspecified atom stereocenters. The molecule has 6 nitrogen and oxygen atoms in total. The molecule has 1 aliphatic carbocycles. The van der Waals surface area contributed by atoms with E-state index in [1.807, 2.05) is 19.9 Å². The average molecular weight is 329 g/mol. The van der Waals surface area contributed by atoms with Gasteiger partial charge in [0.1, 0.15) is 0 Å². The number of benzene rings is 1. The number of aryl methyl sites for hydroxylation is 1. The average Bonchev–Trinajstić information content (AvgIpc) is 3.32. The van der Waals surface area contributed by atoms with E-state index in [1.54, 1.807) is 10.6 Å². The van der Waals surface area contributed by atoms with Crippen molar-refractivity contribution >= 4 is 16.6 Å². The Labute approximate surface area is 139 Å². The highest BCUT2D eigenvalue weighted by Gasteiger charge is 2.31. The predicted molar refractivity (Wildman–Crippen MR) is 93.9 cm³/mol. The maximum Gasteiger partial charge on any atom is 0.329 e. The first-order valence-corrected chi connectivity index (χ1v) is 8.63. The van der Waals surface area contributed by atoms with Crippen LogP contribution in [0.1, 0.15) is 44.2 Å². The van der Waals surface area contributed by atoms with Gasteiger partial charge in [-0.05, 0) is 57.2 Å². The summed E-state index contributed by atoms with van der Waals surface area (Å²) in [6.07, 6.45) is 3.67. The SMILES string of the molecule is Cc1c(N2CCCC(C)(O)C2)ccc2c(=O)[nH]c(=O)n(C3CC3)c12. The lowest BCUT2D eigenvalue weighted by atomic mass is 9.94. The van der Waals surface area contributed by atoms with Crippen molar-refractivity contribution in [1.29, 1.82) is 0 Å². The van der Waals surface area contributed by atoms with E-state index in [0.29, 0.717) is 11.9 Å². The molecule has 1 aromatic carbocycles. The highest BCUT2D eigenvalue weighted by Crippen LogP contribution is 2.38. The first kappa shape index (κ1) is 15.4. The molecule has 4 rings (SSSR count). The first-order valence-electron chi connectivity index (χ1n) is 8.63. The van der Waals surface area contributed by atoms with E-state index in [-0.39, 0.29) is 17.3 Å². The molecule has 2 aromatic rings. The van der Waals surface area contributed by atoms with Gasteiger partial charge >= 0.3 is 5.69 Å². The summed E-state index contributed by atoms with van der Waals surface area (Å²) in [5, 5.41) is 11.0. The summed E-state index contributed by atoms with van der Waals surface area (Å²) in [7, 11) is 0. The van der Waals surface area contributed by atoms with Crippen LogP contribution in [0.4, 0.5) is 5.69 Å². The van der Waals surface area contributed by atoms with Crippen LogP contribution >= 0.6 is 0 Å². The monoisotopic (exact) mass is 329 g/mol. The number of hydrogen-bond acceptors (Lipinski definition) is 4. The summed E-state index contributed by atoms with van der Waals surface area (Å²) in [4.78, 5) is 29.2. The lowest BCUT2D eigenvalue weighted by Crippen LogP contribution is -2.46. The lowest BCUT2D eigenvalue weighted by molar-refractivity contribution is 0.0449. The Bertz CT molecular complexity index is 921. The van der Waals surface area contributed by atoms with Crippen molar-refractivity contribution in [3.8, 4) is 0 Å². The Morgan fingerprint density at radius 1 is 1.29 bits per heavy atom. The molecule has 1 saturated heterocycles. The minimum Gasteiger partial charge on any atom is -0.388 e. The highest BCUT2D eigenvalue weighted by molar-refractivity contribution is 5.86. The van der Waals surface area contributed by atoms with Gasteiger partial charge in [0.15, 0.2) is 0 Å². The van der Waals surface area contributed by atoms with Crippen LogP contribution in [0.3, 0.4) is 0 Å². The Balaban J connectivity index is 1.93. The Morgan fingerprint density at radius 2 is 2.04 bits per heavy atom. The van der Waals surface area contributed by atoms with Gasteiger partial charge < -0.3 is 10.0 Å². The molecule has 1 aromatic heterocycles. The van der Waals surface area contributed by atoms with Crippen LogP contribution in [0.2, 0.25) is 0 Å². The van der Waals surface area contributed by atoms with Crippen molar-refractivity contribution in [3.63, 3.8) is 0 Å². The number of H-pyrrole nitrogens is 1. The van der Waals surface area contributed by atoms with E-state index in [1.165, 1.54) is 0 Å². The standard InChI is InChI=1S/C18H23N3O3/c1-11-14(20-9-3-8-18(2,24)10-20)7-6-13-15(11)21(12-4-5-12)17(23)19-16(13)22/h6-7,12,24H,3-5,8-10H2,1-2H3,(H,19,22,23). The minimum absolute atomic E-state index is 0.190. The van der Waals surface area contributed by atoms with Crippen molar-refractivity contribution in [2.45, 2.75) is 51.2 Å². The van der Waals surface area contributed by atoms with Gasteiger partial charge in [-0.3, -0.25) is 14.3 Å². The molecule has 2 N–H and O–H groups in total. The maximum atomic E-state index is 12.3. The third-order valence-corrected chi connectivity index (χ3v) is 5.25.